The molecule has 0 aliphatic carbocycles. The molecule has 41 heavy (non-hydrogen) atoms. The first-order chi connectivity index (χ1) is 19.6. The Bertz CT molecular complexity index is 1440. The lowest BCUT2D eigenvalue weighted by atomic mass is 9.86. The van der Waals surface area contributed by atoms with E-state index in [2.05, 4.69) is 82.4 Å². The first-order valence-corrected chi connectivity index (χ1v) is 14.3. The SMILES string of the molecule is CC(C)(C)c1ccc(COC2C(OCc3ccccc3)c3cc(NCc4cccc(F)c4)ccc3OC2(C)C)cc1. The zero-order valence-corrected chi connectivity index (χ0v) is 24.6. The molecule has 2 unspecified atom stereocenters. The third-order valence-electron chi connectivity index (χ3n) is 7.56. The molecular weight excluding hydrogens is 513 g/mol. The van der Waals surface area contributed by atoms with E-state index in [1.165, 1.54) is 11.6 Å². The molecule has 1 heterocycles. The maximum absolute atomic E-state index is 13.7. The van der Waals surface area contributed by atoms with E-state index in [1.807, 2.05) is 36.4 Å². The summed E-state index contributed by atoms with van der Waals surface area (Å²) in [5.74, 6) is 0.534. The summed E-state index contributed by atoms with van der Waals surface area (Å²) in [6, 6.07) is 31.5. The highest BCUT2D eigenvalue weighted by molar-refractivity contribution is 5.54. The van der Waals surface area contributed by atoms with Gasteiger partial charge in [-0.25, -0.2) is 4.39 Å². The lowest BCUT2D eigenvalue weighted by Gasteiger charge is -2.44. The molecule has 4 aromatic carbocycles. The van der Waals surface area contributed by atoms with Crippen LogP contribution in [0, 0.1) is 5.82 Å². The third kappa shape index (κ3) is 7.16. The topological polar surface area (TPSA) is 39.7 Å². The maximum Gasteiger partial charge on any atom is 0.132 e. The van der Waals surface area contributed by atoms with Gasteiger partial charge in [0, 0.05) is 17.8 Å². The van der Waals surface area contributed by atoms with Crippen LogP contribution in [0.4, 0.5) is 10.1 Å². The molecule has 4 nitrogen and oxygen atoms in total. The Hall–Kier alpha value is -3.67. The van der Waals surface area contributed by atoms with Gasteiger partial charge in [-0.3, -0.25) is 0 Å². The molecule has 1 aliphatic rings. The maximum atomic E-state index is 13.7. The van der Waals surface area contributed by atoms with E-state index < -0.39 is 5.60 Å². The van der Waals surface area contributed by atoms with Crippen LogP contribution in [0.2, 0.25) is 0 Å². The fraction of sp³-hybridized carbons (Fsp3) is 0.333. The van der Waals surface area contributed by atoms with Crippen molar-refractivity contribution in [2.75, 3.05) is 5.32 Å². The molecule has 5 rings (SSSR count). The fourth-order valence-electron chi connectivity index (χ4n) is 5.21. The number of benzene rings is 4. The largest absolute Gasteiger partial charge is 0.485 e. The van der Waals surface area contributed by atoms with Crippen molar-refractivity contribution in [3.63, 3.8) is 0 Å². The van der Waals surface area contributed by atoms with Crippen LogP contribution in [-0.2, 0) is 34.6 Å². The summed E-state index contributed by atoms with van der Waals surface area (Å²) in [7, 11) is 0. The van der Waals surface area contributed by atoms with Crippen LogP contribution in [0.3, 0.4) is 0 Å². The van der Waals surface area contributed by atoms with Crippen molar-refractivity contribution >= 4 is 5.69 Å². The Kier molecular flexibility index (Phi) is 8.48. The van der Waals surface area contributed by atoms with Crippen LogP contribution in [0.1, 0.15) is 68.5 Å². The second-order valence-electron chi connectivity index (χ2n) is 12.3. The molecule has 214 valence electrons. The molecule has 5 heteroatoms. The lowest BCUT2D eigenvalue weighted by molar-refractivity contribution is -0.170. The number of hydrogen-bond donors (Lipinski definition) is 1. The van der Waals surface area contributed by atoms with Gasteiger partial charge in [-0.15, -0.1) is 0 Å². The fourth-order valence-corrected chi connectivity index (χ4v) is 5.21. The van der Waals surface area contributed by atoms with Crippen molar-refractivity contribution in [2.24, 2.45) is 0 Å². The zero-order chi connectivity index (χ0) is 29.0. The van der Waals surface area contributed by atoms with Crippen molar-refractivity contribution < 1.29 is 18.6 Å². The Labute approximate surface area is 243 Å². The Morgan fingerprint density at radius 2 is 1.46 bits per heavy atom. The second-order valence-corrected chi connectivity index (χ2v) is 12.3. The van der Waals surface area contributed by atoms with Crippen LogP contribution < -0.4 is 10.1 Å². The van der Waals surface area contributed by atoms with Gasteiger partial charge in [-0.05, 0) is 71.8 Å². The van der Waals surface area contributed by atoms with Crippen LogP contribution in [0.15, 0.2) is 97.1 Å². The molecule has 0 aromatic heterocycles. The molecule has 2 atom stereocenters. The lowest BCUT2D eigenvalue weighted by Crippen LogP contribution is -2.50. The molecule has 0 saturated carbocycles. The predicted octanol–water partition coefficient (Wildman–Crippen LogP) is 8.75. The van der Waals surface area contributed by atoms with Gasteiger partial charge in [0.25, 0.3) is 0 Å². The summed E-state index contributed by atoms with van der Waals surface area (Å²) in [5, 5.41) is 3.42. The highest BCUT2D eigenvalue weighted by Gasteiger charge is 2.45. The van der Waals surface area contributed by atoms with E-state index in [4.69, 9.17) is 14.2 Å². The molecule has 0 amide bonds. The average molecular weight is 554 g/mol. The molecule has 0 spiro atoms. The van der Waals surface area contributed by atoms with Crippen LogP contribution >= 0.6 is 0 Å². The molecular formula is C36H40FNO3. The van der Waals surface area contributed by atoms with E-state index in [-0.39, 0.29) is 23.4 Å². The molecule has 0 bridgehead atoms. The Balaban J connectivity index is 1.40. The number of rotatable bonds is 9. The van der Waals surface area contributed by atoms with Gasteiger partial charge in [0.15, 0.2) is 0 Å². The summed E-state index contributed by atoms with van der Waals surface area (Å²) in [4.78, 5) is 0. The van der Waals surface area contributed by atoms with Gasteiger partial charge in [-0.1, -0.05) is 87.5 Å². The average Bonchev–Trinajstić information content (AvgIpc) is 2.94. The van der Waals surface area contributed by atoms with Crippen molar-refractivity contribution in [3.05, 3.63) is 131 Å². The van der Waals surface area contributed by atoms with Crippen molar-refractivity contribution in [2.45, 2.75) is 77.6 Å². The minimum absolute atomic E-state index is 0.0963. The van der Waals surface area contributed by atoms with Gasteiger partial charge in [-0.2, -0.15) is 0 Å². The summed E-state index contributed by atoms with van der Waals surface area (Å²) in [5.41, 5.74) is 5.66. The van der Waals surface area contributed by atoms with Crippen LogP contribution in [-0.4, -0.2) is 11.7 Å². The van der Waals surface area contributed by atoms with Crippen molar-refractivity contribution in [1.29, 1.82) is 0 Å². The number of nitrogens with one attached hydrogen (secondary N) is 1. The summed E-state index contributed by atoms with van der Waals surface area (Å²) < 4.78 is 33.5. The first kappa shape index (κ1) is 28.8. The smallest absolute Gasteiger partial charge is 0.132 e. The predicted molar refractivity (Wildman–Crippen MR) is 163 cm³/mol. The van der Waals surface area contributed by atoms with E-state index in [0.717, 1.165) is 33.7 Å². The van der Waals surface area contributed by atoms with E-state index in [1.54, 1.807) is 12.1 Å². The van der Waals surface area contributed by atoms with Crippen molar-refractivity contribution in [1.82, 2.24) is 0 Å². The second kappa shape index (κ2) is 12.1. The minimum Gasteiger partial charge on any atom is -0.485 e. The molecule has 1 N–H and O–H groups in total. The zero-order valence-electron chi connectivity index (χ0n) is 24.6. The number of halogens is 1. The Morgan fingerprint density at radius 3 is 2.17 bits per heavy atom. The van der Waals surface area contributed by atoms with E-state index in [9.17, 15) is 4.39 Å². The summed E-state index contributed by atoms with van der Waals surface area (Å²) in [6.07, 6.45) is -0.724. The number of hydrogen-bond acceptors (Lipinski definition) is 4. The molecule has 0 fully saturated rings. The van der Waals surface area contributed by atoms with E-state index in [0.29, 0.717) is 19.8 Å². The highest BCUT2D eigenvalue weighted by atomic mass is 19.1. The van der Waals surface area contributed by atoms with Gasteiger partial charge in [0.2, 0.25) is 0 Å². The highest BCUT2D eigenvalue weighted by Crippen LogP contribution is 2.45. The third-order valence-corrected chi connectivity index (χ3v) is 7.56. The number of fused-ring (bicyclic) bond motifs is 1. The molecule has 0 radical (unpaired) electrons. The van der Waals surface area contributed by atoms with Gasteiger partial charge in [0.05, 0.1) is 13.2 Å². The monoisotopic (exact) mass is 553 g/mol. The van der Waals surface area contributed by atoms with Crippen LogP contribution in [0.5, 0.6) is 5.75 Å². The summed E-state index contributed by atoms with van der Waals surface area (Å²) in [6.45, 7) is 12.1. The normalized spacial score (nSPS) is 17.9. The molecule has 4 aromatic rings. The van der Waals surface area contributed by atoms with Gasteiger partial charge in [0.1, 0.15) is 29.4 Å². The quantitative estimate of drug-likeness (QED) is 0.225. The molecule has 1 aliphatic heterocycles. The van der Waals surface area contributed by atoms with Gasteiger partial charge >= 0.3 is 0 Å². The number of ether oxygens (including phenoxy) is 3. The standard InChI is InChI=1S/C36H40FNO3/c1-35(2,3)28-16-14-26(15-17-28)24-40-34-33(39-23-25-10-7-6-8-11-25)31-21-30(18-19-32(31)41-36(34,4)5)38-22-27-12-9-13-29(37)20-27/h6-21,33-34,38H,22-24H2,1-5H3. The first-order valence-electron chi connectivity index (χ1n) is 14.3. The summed E-state index contributed by atoms with van der Waals surface area (Å²) >= 11 is 0. The Morgan fingerprint density at radius 1 is 0.780 bits per heavy atom. The van der Waals surface area contributed by atoms with Crippen molar-refractivity contribution in [3.8, 4) is 5.75 Å². The van der Waals surface area contributed by atoms with E-state index >= 15 is 0 Å². The minimum atomic E-state index is -0.629. The van der Waals surface area contributed by atoms with Gasteiger partial charge < -0.3 is 19.5 Å². The van der Waals surface area contributed by atoms with Crippen LogP contribution in [0.25, 0.3) is 0 Å². The number of anilines is 1. The molecule has 0 saturated heterocycles.